The van der Waals surface area contributed by atoms with Crippen molar-refractivity contribution < 1.29 is 14.2 Å². The SMILES string of the molecule is CC(C)C(Oc1ccccc1F)C(O)c1ccccc1. The minimum atomic E-state index is -0.796. The average molecular weight is 274 g/mol. The molecule has 0 amide bonds. The Morgan fingerprint density at radius 2 is 1.55 bits per heavy atom. The van der Waals surface area contributed by atoms with E-state index in [-0.39, 0.29) is 11.7 Å². The molecule has 0 saturated carbocycles. The van der Waals surface area contributed by atoms with Crippen LogP contribution in [0.2, 0.25) is 0 Å². The normalized spacial score (nSPS) is 14.1. The molecule has 0 aliphatic carbocycles. The first-order valence-electron chi connectivity index (χ1n) is 6.74. The van der Waals surface area contributed by atoms with Gasteiger partial charge in [0.1, 0.15) is 12.2 Å². The van der Waals surface area contributed by atoms with Gasteiger partial charge in [-0.25, -0.2) is 4.39 Å². The maximum Gasteiger partial charge on any atom is 0.165 e. The Labute approximate surface area is 118 Å². The Kier molecular flexibility index (Phi) is 4.74. The van der Waals surface area contributed by atoms with E-state index in [9.17, 15) is 9.50 Å². The number of hydrogen-bond donors (Lipinski definition) is 1. The molecule has 20 heavy (non-hydrogen) atoms. The quantitative estimate of drug-likeness (QED) is 0.894. The Hall–Kier alpha value is -1.87. The van der Waals surface area contributed by atoms with Gasteiger partial charge in [-0.15, -0.1) is 0 Å². The predicted molar refractivity (Wildman–Crippen MR) is 77.1 cm³/mol. The van der Waals surface area contributed by atoms with E-state index < -0.39 is 18.0 Å². The van der Waals surface area contributed by atoms with E-state index in [1.54, 1.807) is 18.2 Å². The standard InChI is InChI=1S/C17H19FO2/c1-12(2)17(16(19)13-8-4-3-5-9-13)20-15-11-7-6-10-14(15)18/h3-12,16-17,19H,1-2H3. The van der Waals surface area contributed by atoms with Crippen LogP contribution in [0.5, 0.6) is 5.75 Å². The zero-order chi connectivity index (χ0) is 14.5. The highest BCUT2D eigenvalue weighted by atomic mass is 19.1. The summed E-state index contributed by atoms with van der Waals surface area (Å²) >= 11 is 0. The Balaban J connectivity index is 2.22. The molecule has 2 nitrogen and oxygen atoms in total. The van der Waals surface area contributed by atoms with Crippen LogP contribution in [0, 0.1) is 11.7 Å². The van der Waals surface area contributed by atoms with Crippen molar-refractivity contribution in [1.82, 2.24) is 0 Å². The van der Waals surface area contributed by atoms with Crippen LogP contribution >= 0.6 is 0 Å². The second-order valence-corrected chi connectivity index (χ2v) is 5.11. The lowest BCUT2D eigenvalue weighted by atomic mass is 9.96. The first-order valence-corrected chi connectivity index (χ1v) is 6.74. The molecule has 2 unspecified atom stereocenters. The van der Waals surface area contributed by atoms with Crippen LogP contribution < -0.4 is 4.74 Å². The van der Waals surface area contributed by atoms with Crippen LogP contribution in [-0.2, 0) is 0 Å². The highest BCUT2D eigenvalue weighted by molar-refractivity contribution is 5.25. The monoisotopic (exact) mass is 274 g/mol. The molecule has 0 saturated heterocycles. The maximum absolute atomic E-state index is 13.7. The number of benzene rings is 2. The van der Waals surface area contributed by atoms with Crippen LogP contribution in [0.4, 0.5) is 4.39 Å². The van der Waals surface area contributed by atoms with Crippen LogP contribution in [0.1, 0.15) is 25.5 Å². The molecular weight excluding hydrogens is 255 g/mol. The first-order chi connectivity index (χ1) is 9.59. The Morgan fingerprint density at radius 3 is 2.15 bits per heavy atom. The van der Waals surface area contributed by atoms with E-state index in [1.165, 1.54) is 6.07 Å². The van der Waals surface area contributed by atoms with Gasteiger partial charge < -0.3 is 9.84 Å². The van der Waals surface area contributed by atoms with Crippen LogP contribution in [-0.4, -0.2) is 11.2 Å². The smallest absolute Gasteiger partial charge is 0.165 e. The number of hydrogen-bond acceptors (Lipinski definition) is 2. The molecule has 2 aromatic rings. The van der Waals surface area contributed by atoms with Gasteiger partial charge in [0.05, 0.1) is 0 Å². The minimum absolute atomic E-state index is 0.0461. The summed E-state index contributed by atoms with van der Waals surface area (Å²) in [4.78, 5) is 0. The van der Waals surface area contributed by atoms with Crippen molar-refractivity contribution in [1.29, 1.82) is 0 Å². The molecule has 0 radical (unpaired) electrons. The molecule has 1 N–H and O–H groups in total. The first kappa shape index (κ1) is 14.5. The fourth-order valence-corrected chi connectivity index (χ4v) is 2.09. The molecule has 0 aliphatic rings. The van der Waals surface area contributed by atoms with Crippen LogP contribution in [0.25, 0.3) is 0 Å². The summed E-state index contributed by atoms with van der Waals surface area (Å²) in [5.74, 6) is -0.204. The van der Waals surface area contributed by atoms with E-state index in [1.807, 2.05) is 44.2 Å². The van der Waals surface area contributed by atoms with Crippen molar-refractivity contribution in [3.05, 3.63) is 66.0 Å². The van der Waals surface area contributed by atoms with Crippen molar-refractivity contribution in [3.8, 4) is 5.75 Å². The molecule has 0 spiro atoms. The van der Waals surface area contributed by atoms with Crippen molar-refractivity contribution in [3.63, 3.8) is 0 Å². The summed E-state index contributed by atoms with van der Waals surface area (Å²) in [6.45, 7) is 3.88. The highest BCUT2D eigenvalue weighted by Crippen LogP contribution is 2.28. The molecule has 0 aromatic heterocycles. The number of aliphatic hydroxyl groups is 1. The van der Waals surface area contributed by atoms with Crippen molar-refractivity contribution in [2.75, 3.05) is 0 Å². The van der Waals surface area contributed by atoms with Gasteiger partial charge in [0.25, 0.3) is 0 Å². The summed E-state index contributed by atoms with van der Waals surface area (Å²) in [6.07, 6.45) is -1.30. The average Bonchev–Trinajstić information content (AvgIpc) is 2.46. The van der Waals surface area contributed by atoms with E-state index in [0.717, 1.165) is 5.56 Å². The van der Waals surface area contributed by atoms with Gasteiger partial charge in [0.2, 0.25) is 0 Å². The largest absolute Gasteiger partial charge is 0.484 e. The van der Waals surface area contributed by atoms with E-state index in [4.69, 9.17) is 4.74 Å². The molecule has 0 fully saturated rings. The summed E-state index contributed by atoms with van der Waals surface area (Å²) in [7, 11) is 0. The summed E-state index contributed by atoms with van der Waals surface area (Å²) in [5.41, 5.74) is 0.766. The lowest BCUT2D eigenvalue weighted by molar-refractivity contribution is 0.00578. The molecular formula is C17H19FO2. The third-order valence-electron chi connectivity index (χ3n) is 3.21. The zero-order valence-corrected chi connectivity index (χ0v) is 11.7. The van der Waals surface area contributed by atoms with Gasteiger partial charge in [0, 0.05) is 0 Å². The van der Waals surface area contributed by atoms with E-state index >= 15 is 0 Å². The Morgan fingerprint density at radius 1 is 0.950 bits per heavy atom. The lowest BCUT2D eigenvalue weighted by Crippen LogP contribution is -2.31. The number of ether oxygens (including phenoxy) is 1. The topological polar surface area (TPSA) is 29.5 Å². The van der Waals surface area contributed by atoms with Gasteiger partial charge in [-0.1, -0.05) is 56.3 Å². The predicted octanol–water partition coefficient (Wildman–Crippen LogP) is 3.96. The number of rotatable bonds is 5. The van der Waals surface area contributed by atoms with Crippen molar-refractivity contribution in [2.24, 2.45) is 5.92 Å². The number of para-hydroxylation sites is 1. The fraction of sp³-hybridized carbons (Fsp3) is 0.294. The summed E-state index contributed by atoms with van der Waals surface area (Å²) < 4.78 is 19.4. The Bertz CT molecular complexity index is 540. The van der Waals surface area contributed by atoms with Gasteiger partial charge in [0.15, 0.2) is 11.6 Å². The number of aliphatic hydroxyl groups excluding tert-OH is 1. The summed E-state index contributed by atoms with van der Waals surface area (Å²) in [6, 6.07) is 15.5. The molecule has 0 aliphatic heterocycles. The van der Waals surface area contributed by atoms with E-state index in [2.05, 4.69) is 0 Å². The maximum atomic E-state index is 13.7. The van der Waals surface area contributed by atoms with Gasteiger partial charge in [-0.2, -0.15) is 0 Å². The van der Waals surface area contributed by atoms with Gasteiger partial charge in [-0.3, -0.25) is 0 Å². The third-order valence-corrected chi connectivity index (χ3v) is 3.21. The van der Waals surface area contributed by atoms with Crippen LogP contribution in [0.3, 0.4) is 0 Å². The molecule has 2 rings (SSSR count). The molecule has 106 valence electrons. The minimum Gasteiger partial charge on any atom is -0.484 e. The van der Waals surface area contributed by atoms with Crippen molar-refractivity contribution >= 4 is 0 Å². The second-order valence-electron chi connectivity index (χ2n) is 5.11. The van der Waals surface area contributed by atoms with Gasteiger partial charge in [-0.05, 0) is 23.6 Å². The zero-order valence-electron chi connectivity index (χ0n) is 11.7. The lowest BCUT2D eigenvalue weighted by Gasteiger charge is -2.27. The molecule has 0 heterocycles. The van der Waals surface area contributed by atoms with Gasteiger partial charge >= 0.3 is 0 Å². The fourth-order valence-electron chi connectivity index (χ4n) is 2.09. The molecule has 2 aromatic carbocycles. The number of halogens is 1. The molecule has 3 heteroatoms. The molecule has 2 atom stereocenters. The van der Waals surface area contributed by atoms with Crippen LogP contribution in [0.15, 0.2) is 54.6 Å². The highest BCUT2D eigenvalue weighted by Gasteiger charge is 2.26. The summed E-state index contributed by atoms with van der Waals surface area (Å²) in [5, 5.41) is 10.5. The third kappa shape index (κ3) is 3.36. The second kappa shape index (κ2) is 6.53. The molecule has 0 bridgehead atoms. The van der Waals surface area contributed by atoms with Crippen molar-refractivity contribution in [2.45, 2.75) is 26.1 Å². The van der Waals surface area contributed by atoms with E-state index in [0.29, 0.717) is 0 Å².